The lowest BCUT2D eigenvalue weighted by molar-refractivity contribution is -0.116. The van der Waals surface area contributed by atoms with Gasteiger partial charge in [0.25, 0.3) is 11.8 Å². The van der Waals surface area contributed by atoms with Gasteiger partial charge in [0.05, 0.1) is 5.69 Å². The van der Waals surface area contributed by atoms with Crippen molar-refractivity contribution in [2.45, 2.75) is 25.7 Å². The lowest BCUT2D eigenvalue weighted by Crippen LogP contribution is -2.30. The first-order chi connectivity index (χ1) is 22.8. The van der Waals surface area contributed by atoms with Gasteiger partial charge in [-0.3, -0.25) is 14.4 Å². The molecule has 6 aromatic rings. The molecular formula is C37H30ClN5O4. The summed E-state index contributed by atoms with van der Waals surface area (Å²) in [6.07, 6.45) is 1.41. The summed E-state index contributed by atoms with van der Waals surface area (Å²) in [4.78, 5) is 52.0. The Labute approximate surface area is 274 Å². The third-order valence-corrected chi connectivity index (χ3v) is 10.6. The van der Waals surface area contributed by atoms with E-state index in [4.69, 9.17) is 11.6 Å². The van der Waals surface area contributed by atoms with E-state index in [1.54, 1.807) is 27.7 Å². The quantitative estimate of drug-likeness (QED) is 0.189. The number of anilines is 3. The Bertz CT molecular complexity index is 2360. The third kappa shape index (κ3) is 3.99. The minimum Gasteiger partial charge on any atom is -0.507 e. The Morgan fingerprint density at radius 2 is 1.32 bits per heavy atom. The second-order valence-corrected chi connectivity index (χ2v) is 13.0. The highest BCUT2D eigenvalue weighted by atomic mass is 35.5. The summed E-state index contributed by atoms with van der Waals surface area (Å²) in [5, 5.41) is 14.4. The summed E-state index contributed by atoms with van der Waals surface area (Å²) in [6, 6.07) is 20.9. The van der Waals surface area contributed by atoms with Crippen molar-refractivity contribution in [3.05, 3.63) is 94.8 Å². The number of rotatable bonds is 3. The van der Waals surface area contributed by atoms with E-state index in [9.17, 15) is 19.5 Å². The molecule has 47 heavy (non-hydrogen) atoms. The number of carbonyl (C=O) groups excluding carboxylic acids is 3. The average molecular weight is 644 g/mol. The Morgan fingerprint density at radius 1 is 0.745 bits per heavy atom. The lowest BCUT2D eigenvalue weighted by Gasteiger charge is -2.17. The molecule has 3 N–H and O–H groups in total. The van der Waals surface area contributed by atoms with Crippen molar-refractivity contribution in [1.29, 1.82) is 0 Å². The molecule has 3 aliphatic rings. The first-order valence-electron chi connectivity index (χ1n) is 15.8. The van der Waals surface area contributed by atoms with Gasteiger partial charge >= 0.3 is 0 Å². The van der Waals surface area contributed by atoms with E-state index in [1.807, 2.05) is 60.7 Å². The second-order valence-electron chi connectivity index (χ2n) is 12.7. The molecule has 4 aromatic carbocycles. The molecular weight excluding hydrogens is 614 g/mol. The number of phenolic OH excluding ortho intramolecular Hbond substituents is 1. The van der Waals surface area contributed by atoms with Crippen LogP contribution in [-0.4, -0.2) is 58.3 Å². The van der Waals surface area contributed by atoms with Crippen LogP contribution in [-0.2, 0) is 17.6 Å². The minimum atomic E-state index is -0.196. The number of nitrogens with zero attached hydrogens (tertiary/aromatic N) is 3. The van der Waals surface area contributed by atoms with E-state index in [2.05, 4.69) is 9.97 Å². The fraction of sp³-hybridized carbons (Fsp3) is 0.216. The third-order valence-electron chi connectivity index (χ3n) is 10.2. The molecule has 5 heterocycles. The zero-order valence-electron chi connectivity index (χ0n) is 25.6. The van der Waals surface area contributed by atoms with Gasteiger partial charge < -0.3 is 29.8 Å². The minimum absolute atomic E-state index is 0.0159. The molecule has 0 radical (unpaired) electrons. The number of nitrogens with one attached hydrogen (secondary N) is 2. The number of hydrogen-bond acceptors (Lipinski definition) is 4. The molecule has 3 aliphatic heterocycles. The summed E-state index contributed by atoms with van der Waals surface area (Å²) >= 11 is 6.41. The summed E-state index contributed by atoms with van der Waals surface area (Å²) in [6.45, 7) is 3.16. The average Bonchev–Trinajstić information content (AvgIpc) is 3.90. The van der Waals surface area contributed by atoms with Gasteiger partial charge in [-0.05, 0) is 71.3 Å². The first kappa shape index (κ1) is 28.0. The molecule has 0 spiro atoms. The van der Waals surface area contributed by atoms with Crippen LogP contribution in [0.4, 0.5) is 17.1 Å². The number of fused-ring (bicyclic) bond motifs is 9. The Hall–Kier alpha value is -5.28. The van der Waals surface area contributed by atoms with Gasteiger partial charge in [0.15, 0.2) is 0 Å². The number of benzene rings is 4. The van der Waals surface area contributed by atoms with Gasteiger partial charge in [-0.1, -0.05) is 24.3 Å². The van der Waals surface area contributed by atoms with Crippen molar-refractivity contribution in [2.75, 3.05) is 40.2 Å². The van der Waals surface area contributed by atoms with Gasteiger partial charge in [0.2, 0.25) is 5.91 Å². The number of phenols is 1. The van der Waals surface area contributed by atoms with Crippen molar-refractivity contribution in [1.82, 2.24) is 9.97 Å². The predicted octanol–water partition coefficient (Wildman–Crippen LogP) is 6.60. The molecule has 0 bridgehead atoms. The van der Waals surface area contributed by atoms with Crippen LogP contribution in [0.5, 0.6) is 5.75 Å². The van der Waals surface area contributed by atoms with Gasteiger partial charge in [-0.15, -0.1) is 11.6 Å². The standard InChI is InChI=1S/C37H30ClN5O4/c1-19(44)41-12-10-21-25-14-29(39-27(25)6-8-31(21)41)36(46)42-13-11-22-26-15-30(40-28(26)7-9-32(22)42)37(47)43-18-20(17-38)35-24-5-3-2-4-23(24)34(45)16-33(35)43/h2-9,14-16,20,39-40,45H,10-13,17-18H2,1H3/t20-/m1/s1. The van der Waals surface area contributed by atoms with E-state index in [0.717, 1.165) is 67.1 Å². The number of halogens is 1. The molecule has 3 amide bonds. The molecule has 0 fully saturated rings. The van der Waals surface area contributed by atoms with Crippen molar-refractivity contribution in [3.63, 3.8) is 0 Å². The Balaban J connectivity index is 1.04. The topological polar surface area (TPSA) is 113 Å². The summed E-state index contributed by atoms with van der Waals surface area (Å²) in [5.74, 6) is 0.123. The van der Waals surface area contributed by atoms with E-state index in [0.29, 0.717) is 49.0 Å². The van der Waals surface area contributed by atoms with Crippen LogP contribution in [0, 0.1) is 0 Å². The van der Waals surface area contributed by atoms with Gasteiger partial charge in [-0.2, -0.15) is 0 Å². The number of carbonyl (C=O) groups is 3. The van der Waals surface area contributed by atoms with Crippen LogP contribution in [0.2, 0.25) is 0 Å². The lowest BCUT2D eigenvalue weighted by atomic mass is 9.95. The maximum atomic E-state index is 14.0. The van der Waals surface area contributed by atoms with Crippen LogP contribution in [0.3, 0.4) is 0 Å². The van der Waals surface area contributed by atoms with Crippen LogP contribution in [0.1, 0.15) is 50.5 Å². The highest BCUT2D eigenvalue weighted by molar-refractivity contribution is 6.19. The molecule has 0 unspecified atom stereocenters. The SMILES string of the molecule is CC(=O)N1CCc2c1ccc1[nH]c(C(=O)N3CCc4c3ccc3[nH]c(C(=O)N5C[C@@H](CCl)c6c5cc(O)c5ccccc65)cc43)cc21. The summed E-state index contributed by atoms with van der Waals surface area (Å²) in [5.41, 5.74) is 8.15. The second kappa shape index (κ2) is 10.1. The fourth-order valence-electron chi connectivity index (χ4n) is 8.03. The largest absolute Gasteiger partial charge is 0.507 e. The number of hydrogen-bond donors (Lipinski definition) is 3. The zero-order chi connectivity index (χ0) is 32.1. The number of alkyl halides is 1. The molecule has 234 valence electrons. The van der Waals surface area contributed by atoms with Crippen LogP contribution >= 0.6 is 11.6 Å². The highest BCUT2D eigenvalue weighted by Crippen LogP contribution is 2.46. The van der Waals surface area contributed by atoms with E-state index in [1.165, 1.54) is 0 Å². The molecule has 9 nitrogen and oxygen atoms in total. The van der Waals surface area contributed by atoms with Crippen molar-refractivity contribution in [2.24, 2.45) is 0 Å². The molecule has 1 atom stereocenters. The van der Waals surface area contributed by atoms with Crippen LogP contribution in [0.25, 0.3) is 32.6 Å². The molecule has 10 heteroatoms. The molecule has 9 rings (SSSR count). The molecule has 0 aliphatic carbocycles. The summed E-state index contributed by atoms with van der Waals surface area (Å²) < 4.78 is 0. The highest BCUT2D eigenvalue weighted by Gasteiger charge is 2.36. The number of amides is 3. The van der Waals surface area contributed by atoms with E-state index >= 15 is 0 Å². The fourth-order valence-corrected chi connectivity index (χ4v) is 8.28. The molecule has 2 aromatic heterocycles. The first-order valence-corrected chi connectivity index (χ1v) is 16.4. The maximum Gasteiger partial charge on any atom is 0.274 e. The number of aromatic nitrogens is 2. The van der Waals surface area contributed by atoms with Crippen LogP contribution < -0.4 is 14.7 Å². The summed E-state index contributed by atoms with van der Waals surface area (Å²) in [7, 11) is 0. The predicted molar refractivity (Wildman–Crippen MR) is 184 cm³/mol. The van der Waals surface area contributed by atoms with Crippen molar-refractivity contribution >= 4 is 79.0 Å². The van der Waals surface area contributed by atoms with Gasteiger partial charge in [0.1, 0.15) is 17.1 Å². The van der Waals surface area contributed by atoms with Crippen LogP contribution in [0.15, 0.2) is 66.7 Å². The Kier molecular flexibility index (Phi) is 6.02. The maximum absolute atomic E-state index is 14.0. The van der Waals surface area contributed by atoms with Crippen molar-refractivity contribution in [3.8, 4) is 5.75 Å². The van der Waals surface area contributed by atoms with Gasteiger partial charge in [0, 0.05) is 83.0 Å². The number of H-pyrrole nitrogens is 2. The van der Waals surface area contributed by atoms with Gasteiger partial charge in [-0.25, -0.2) is 0 Å². The molecule has 0 saturated carbocycles. The number of aromatic amines is 2. The smallest absolute Gasteiger partial charge is 0.274 e. The van der Waals surface area contributed by atoms with Crippen molar-refractivity contribution < 1.29 is 19.5 Å². The normalized spacial score (nSPS) is 16.8. The van der Waals surface area contributed by atoms with E-state index < -0.39 is 0 Å². The Morgan fingerprint density at radius 3 is 1.94 bits per heavy atom. The monoisotopic (exact) mass is 643 g/mol. The zero-order valence-corrected chi connectivity index (χ0v) is 26.3. The molecule has 0 saturated heterocycles. The van der Waals surface area contributed by atoms with E-state index in [-0.39, 0.29) is 29.4 Å². The number of aromatic hydroxyl groups is 1.